The number of carbonyl (C=O) groups is 1. The van der Waals surface area contributed by atoms with Crippen molar-refractivity contribution < 1.29 is 24.5 Å². The second-order valence-corrected chi connectivity index (χ2v) is 3.49. The topological polar surface area (TPSA) is 74.6 Å². The number of benzene rings is 1. The number of hydrogen-bond donors (Lipinski definition) is 2. The predicted molar refractivity (Wildman–Crippen MR) is 73.3 cm³/mol. The zero-order chi connectivity index (χ0) is 14.8. The van der Waals surface area contributed by atoms with Crippen LogP contribution < -0.4 is 5.43 Å². The van der Waals surface area contributed by atoms with Crippen molar-refractivity contribution in [3.8, 4) is 5.75 Å². The van der Waals surface area contributed by atoms with E-state index in [-0.39, 0.29) is 11.7 Å². The summed E-state index contributed by atoms with van der Waals surface area (Å²) in [6.45, 7) is 0. The van der Waals surface area contributed by atoms with Gasteiger partial charge in [-0.1, -0.05) is 12.1 Å². The Morgan fingerprint density at radius 3 is 2.55 bits per heavy atom. The molecule has 0 radical (unpaired) electrons. The summed E-state index contributed by atoms with van der Waals surface area (Å²) in [6.07, 6.45) is 4.44. The van der Waals surface area contributed by atoms with Crippen molar-refractivity contribution in [3.05, 3.63) is 59.9 Å². The van der Waals surface area contributed by atoms with E-state index in [0.29, 0.717) is 11.1 Å². The van der Waals surface area contributed by atoms with Gasteiger partial charge in [-0.3, -0.25) is 9.78 Å². The summed E-state index contributed by atoms with van der Waals surface area (Å²) in [6, 6.07) is 9.90. The molecule has 2 aromatic rings. The molecule has 0 saturated carbocycles. The minimum absolute atomic E-state index is 0.111. The fourth-order valence-electron chi connectivity index (χ4n) is 1.32. The van der Waals surface area contributed by atoms with Crippen molar-refractivity contribution in [2.75, 3.05) is 0 Å². The number of aromatic hydroxyl groups is 1. The molecule has 0 aliphatic heterocycles. The van der Waals surface area contributed by atoms with Gasteiger partial charge in [0.25, 0.3) is 5.91 Å². The number of hydrogen-bond acceptors (Lipinski definition) is 4. The molecule has 7 heteroatoms. The Labute approximate surface area is 128 Å². The Morgan fingerprint density at radius 2 is 1.90 bits per heavy atom. The van der Waals surface area contributed by atoms with Crippen LogP contribution in [0.3, 0.4) is 0 Å². The van der Waals surface area contributed by atoms with Gasteiger partial charge < -0.3 is 5.11 Å². The number of pyridine rings is 1. The second-order valence-electron chi connectivity index (χ2n) is 3.49. The van der Waals surface area contributed by atoms with E-state index in [2.05, 4.69) is 40.3 Å². The summed E-state index contributed by atoms with van der Waals surface area (Å²) >= 11 is 3.35. The van der Waals surface area contributed by atoms with Gasteiger partial charge in [0.05, 0.1) is 6.21 Å². The molecule has 2 N–H and O–H groups in total. The molecule has 0 atom stereocenters. The van der Waals surface area contributed by atoms with E-state index in [1.807, 2.05) is 0 Å². The van der Waals surface area contributed by atoms with Crippen LogP contribution in [0.25, 0.3) is 0 Å². The number of aromatic nitrogens is 1. The maximum absolute atomic E-state index is 11.6. The minimum atomic E-state index is -0.330. The van der Waals surface area contributed by atoms with Gasteiger partial charge in [-0.2, -0.15) is 5.10 Å². The molecule has 0 saturated heterocycles. The molecule has 0 aliphatic rings. The third kappa shape index (κ3) is 4.99. The van der Waals surface area contributed by atoms with Gasteiger partial charge in [-0.25, -0.2) is 5.43 Å². The van der Waals surface area contributed by atoms with Gasteiger partial charge in [0.1, 0.15) is 5.75 Å². The number of nitrogens with zero attached hydrogens (tertiary/aromatic N) is 2. The normalized spacial score (nSPS) is 9.75. The van der Waals surface area contributed by atoms with Crippen molar-refractivity contribution in [1.82, 2.24) is 10.4 Å². The SMILES string of the molecule is O=C(N/N=C/c1ccccc1O)c1ccncc1.[Cl][Ni]. The number of phenolic OH excluding ortho intramolecular Hbond substituents is 1. The molecular weight excluding hydrogens is 324 g/mol. The third-order valence-corrected chi connectivity index (χ3v) is 2.25. The Balaban J connectivity index is 0.000000956. The zero-order valence-electron chi connectivity index (χ0n) is 10.1. The summed E-state index contributed by atoms with van der Waals surface area (Å²) < 4.78 is 0. The van der Waals surface area contributed by atoms with Crippen molar-refractivity contribution in [2.24, 2.45) is 5.10 Å². The molecule has 5 nitrogen and oxygen atoms in total. The monoisotopic (exact) mass is 334 g/mol. The molecule has 107 valence electrons. The van der Waals surface area contributed by atoms with Gasteiger partial charge in [0, 0.05) is 23.5 Å². The molecule has 0 aliphatic carbocycles. The van der Waals surface area contributed by atoms with Gasteiger partial charge in [0.15, 0.2) is 0 Å². The second kappa shape index (κ2) is 9.07. The van der Waals surface area contributed by atoms with Crippen LogP contribution in [0, 0.1) is 0 Å². The van der Waals surface area contributed by atoms with Crippen molar-refractivity contribution in [1.29, 1.82) is 0 Å². The van der Waals surface area contributed by atoms with E-state index < -0.39 is 0 Å². The van der Waals surface area contributed by atoms with E-state index in [0.717, 1.165) is 0 Å². The Morgan fingerprint density at radius 1 is 1.25 bits per heavy atom. The van der Waals surface area contributed by atoms with Gasteiger partial charge >= 0.3 is 24.8 Å². The van der Waals surface area contributed by atoms with E-state index >= 15 is 0 Å². The molecule has 0 bridgehead atoms. The molecule has 2 rings (SSSR count). The molecule has 1 amide bonds. The first-order valence-corrected chi connectivity index (χ1v) is 6.76. The maximum atomic E-state index is 11.6. The van der Waals surface area contributed by atoms with Gasteiger partial charge in [0.2, 0.25) is 0 Å². The Hall–Kier alpha value is -1.91. The number of amides is 1. The van der Waals surface area contributed by atoms with Crippen molar-refractivity contribution in [2.45, 2.75) is 0 Å². The van der Waals surface area contributed by atoms with Crippen LogP contribution in [0.15, 0.2) is 53.9 Å². The van der Waals surface area contributed by atoms with E-state index in [4.69, 9.17) is 0 Å². The summed E-state index contributed by atoms with van der Waals surface area (Å²) in [5, 5.41) is 13.3. The first-order valence-electron chi connectivity index (χ1n) is 5.41. The zero-order valence-corrected chi connectivity index (χ0v) is 11.9. The van der Waals surface area contributed by atoms with Crippen LogP contribution in [0.4, 0.5) is 0 Å². The first kappa shape index (κ1) is 16.1. The van der Waals surface area contributed by atoms with E-state index in [9.17, 15) is 9.90 Å². The first-order chi connectivity index (χ1) is 9.77. The molecule has 0 fully saturated rings. The average Bonchev–Trinajstić information content (AvgIpc) is 2.52. The number of rotatable bonds is 3. The predicted octanol–water partition coefficient (Wildman–Crippen LogP) is 2.24. The quantitative estimate of drug-likeness (QED) is 0.513. The van der Waals surface area contributed by atoms with Gasteiger partial charge in [-0.05, 0) is 24.3 Å². The standard InChI is InChI=1S/C13H11N3O2.ClH.Ni/c17-12-4-2-1-3-11(12)9-15-16-13(18)10-5-7-14-8-6-10;;/h1-9,17H,(H,16,18);1H;/q;;+1/p-1/b15-9+;;. The number of nitrogens with one attached hydrogen (secondary N) is 1. The number of halogens is 1. The molecule has 1 heterocycles. The van der Waals surface area contributed by atoms with Crippen LogP contribution in [0.2, 0.25) is 0 Å². The molecule has 1 aromatic heterocycles. The summed E-state index contributed by atoms with van der Waals surface area (Å²) in [4.78, 5) is 15.4. The number of carbonyl (C=O) groups excluding carboxylic acids is 1. The molecule has 20 heavy (non-hydrogen) atoms. The van der Waals surface area contributed by atoms with E-state index in [1.54, 1.807) is 36.4 Å². The summed E-state index contributed by atoms with van der Waals surface area (Å²) in [5.74, 6) is -0.219. The number of hydrazone groups is 1. The van der Waals surface area contributed by atoms with Crippen LogP contribution in [0.1, 0.15) is 15.9 Å². The van der Waals surface area contributed by atoms with Crippen LogP contribution in [-0.4, -0.2) is 22.2 Å². The third-order valence-electron chi connectivity index (χ3n) is 2.25. The number of para-hydroxylation sites is 1. The Bertz CT molecular complexity index is 579. The number of phenols is 1. The van der Waals surface area contributed by atoms with Gasteiger partial charge in [-0.15, -0.1) is 0 Å². The molecular formula is C13H11ClN3NiO2. The average molecular weight is 335 g/mol. The van der Waals surface area contributed by atoms with Crippen LogP contribution >= 0.6 is 10.2 Å². The molecule has 0 spiro atoms. The Kier molecular flexibility index (Phi) is 7.32. The fourth-order valence-corrected chi connectivity index (χ4v) is 1.32. The van der Waals surface area contributed by atoms with Crippen LogP contribution in [-0.2, 0) is 14.6 Å². The van der Waals surface area contributed by atoms with E-state index in [1.165, 1.54) is 18.6 Å². The van der Waals surface area contributed by atoms with Crippen molar-refractivity contribution >= 4 is 22.3 Å². The van der Waals surface area contributed by atoms with Crippen molar-refractivity contribution in [3.63, 3.8) is 0 Å². The summed E-state index contributed by atoms with van der Waals surface area (Å²) in [7, 11) is 4.26. The fraction of sp³-hybridized carbons (Fsp3) is 0. The molecule has 1 aromatic carbocycles. The van der Waals surface area contributed by atoms with Crippen LogP contribution in [0.5, 0.6) is 5.75 Å². The molecule has 0 unspecified atom stereocenters. The summed E-state index contributed by atoms with van der Waals surface area (Å²) in [5.41, 5.74) is 3.37.